The summed E-state index contributed by atoms with van der Waals surface area (Å²) in [6.07, 6.45) is 2.30. The predicted octanol–water partition coefficient (Wildman–Crippen LogP) is -0.0639. The van der Waals surface area contributed by atoms with Crippen LogP contribution in [0.3, 0.4) is 0 Å². The van der Waals surface area contributed by atoms with E-state index >= 15 is 0 Å². The van der Waals surface area contributed by atoms with E-state index in [9.17, 15) is 9.59 Å². The van der Waals surface area contributed by atoms with Crippen LogP contribution in [-0.4, -0.2) is 59.1 Å². The molecule has 18 heavy (non-hydrogen) atoms. The van der Waals surface area contributed by atoms with Gasteiger partial charge in [0.2, 0.25) is 0 Å². The highest BCUT2D eigenvalue weighted by atomic mass is 16.2. The Morgan fingerprint density at radius 2 is 2.39 bits per heavy atom. The number of hydrogen-bond donors (Lipinski definition) is 1. The minimum atomic E-state index is -0.301. The van der Waals surface area contributed by atoms with Crippen LogP contribution in [0, 0.1) is 0 Å². The average Bonchev–Trinajstić information content (AvgIpc) is 2.75. The van der Waals surface area contributed by atoms with Gasteiger partial charge in [0.15, 0.2) is 0 Å². The number of likely N-dealkylation sites (N-methyl/N-ethyl adjacent to an activating group) is 2. The highest BCUT2D eigenvalue weighted by molar-refractivity contribution is 5.91. The summed E-state index contributed by atoms with van der Waals surface area (Å²) in [7, 11) is 3.84. The van der Waals surface area contributed by atoms with E-state index in [2.05, 4.69) is 22.1 Å². The van der Waals surface area contributed by atoms with Gasteiger partial charge in [-0.25, -0.2) is 5.10 Å². The predicted molar refractivity (Wildman–Crippen MR) is 67.5 cm³/mol. The summed E-state index contributed by atoms with van der Waals surface area (Å²) in [4.78, 5) is 26.9. The van der Waals surface area contributed by atoms with Crippen LogP contribution < -0.4 is 5.56 Å². The van der Waals surface area contributed by atoms with E-state index in [1.165, 1.54) is 18.6 Å². The summed E-state index contributed by atoms with van der Waals surface area (Å²) >= 11 is 0. The van der Waals surface area contributed by atoms with Crippen molar-refractivity contribution in [3.63, 3.8) is 0 Å². The van der Waals surface area contributed by atoms with Crippen molar-refractivity contribution in [2.24, 2.45) is 0 Å². The molecule has 2 heterocycles. The molecule has 98 valence electrons. The number of likely N-dealkylation sites (tertiary alicyclic amines) is 1. The molecule has 1 atom stereocenters. The number of rotatable bonds is 3. The molecule has 0 aliphatic carbocycles. The van der Waals surface area contributed by atoms with E-state index in [-0.39, 0.29) is 17.2 Å². The Labute approximate surface area is 106 Å². The Morgan fingerprint density at radius 1 is 1.61 bits per heavy atom. The Morgan fingerprint density at radius 3 is 2.94 bits per heavy atom. The summed E-state index contributed by atoms with van der Waals surface area (Å²) in [5.41, 5.74) is -0.0255. The molecule has 0 spiro atoms. The number of carbonyl (C=O) groups is 1. The van der Waals surface area contributed by atoms with Crippen molar-refractivity contribution in [2.45, 2.75) is 18.9 Å². The van der Waals surface area contributed by atoms with Gasteiger partial charge in [0, 0.05) is 25.7 Å². The van der Waals surface area contributed by atoms with E-state index in [1.54, 1.807) is 11.9 Å². The minimum absolute atomic E-state index is 0.161. The molecule has 0 aromatic carbocycles. The van der Waals surface area contributed by atoms with Gasteiger partial charge < -0.3 is 9.80 Å². The van der Waals surface area contributed by atoms with Crippen LogP contribution >= 0.6 is 0 Å². The fraction of sp³-hybridized carbons (Fsp3) is 0.583. The van der Waals surface area contributed by atoms with Gasteiger partial charge in [-0.1, -0.05) is 0 Å². The molecule has 1 aliphatic rings. The fourth-order valence-corrected chi connectivity index (χ4v) is 2.27. The number of H-pyrrole nitrogens is 1. The van der Waals surface area contributed by atoms with Crippen molar-refractivity contribution in [1.29, 1.82) is 0 Å². The van der Waals surface area contributed by atoms with Crippen LogP contribution in [0.25, 0.3) is 0 Å². The summed E-state index contributed by atoms with van der Waals surface area (Å²) in [6.45, 7) is 1.78. The molecule has 2 rings (SSSR count). The summed E-state index contributed by atoms with van der Waals surface area (Å²) in [6, 6.07) is 3.19. The second-order valence-electron chi connectivity index (χ2n) is 4.77. The molecule has 6 heteroatoms. The van der Waals surface area contributed by atoms with Gasteiger partial charge >= 0.3 is 0 Å². The van der Waals surface area contributed by atoms with Gasteiger partial charge in [-0.2, -0.15) is 5.10 Å². The Kier molecular flexibility index (Phi) is 3.76. The van der Waals surface area contributed by atoms with Crippen LogP contribution in [0.5, 0.6) is 0 Å². The van der Waals surface area contributed by atoms with E-state index in [0.717, 1.165) is 13.0 Å². The van der Waals surface area contributed by atoms with E-state index in [4.69, 9.17) is 0 Å². The van der Waals surface area contributed by atoms with E-state index in [0.29, 0.717) is 12.6 Å². The highest BCUT2D eigenvalue weighted by Crippen LogP contribution is 2.15. The molecule has 1 aliphatic heterocycles. The lowest BCUT2D eigenvalue weighted by atomic mass is 10.2. The highest BCUT2D eigenvalue weighted by Gasteiger charge is 2.24. The smallest absolute Gasteiger partial charge is 0.274 e. The van der Waals surface area contributed by atoms with Crippen LogP contribution in [0.2, 0.25) is 0 Å². The van der Waals surface area contributed by atoms with Crippen molar-refractivity contribution in [3.05, 3.63) is 28.2 Å². The third kappa shape index (κ3) is 2.76. The second kappa shape index (κ2) is 5.30. The first-order chi connectivity index (χ1) is 8.58. The monoisotopic (exact) mass is 250 g/mol. The Bertz CT molecular complexity index is 465. The molecule has 1 unspecified atom stereocenters. The van der Waals surface area contributed by atoms with Crippen molar-refractivity contribution in [3.8, 4) is 0 Å². The number of aromatic nitrogens is 2. The Balaban J connectivity index is 2.00. The normalized spacial score (nSPS) is 20.0. The molecule has 6 nitrogen and oxygen atoms in total. The summed E-state index contributed by atoms with van der Waals surface area (Å²) in [5, 5.41) is 6.03. The molecule has 1 saturated heterocycles. The first kappa shape index (κ1) is 12.8. The lowest BCUT2D eigenvalue weighted by Crippen LogP contribution is -2.40. The van der Waals surface area contributed by atoms with Crippen molar-refractivity contribution in [2.75, 3.05) is 27.2 Å². The van der Waals surface area contributed by atoms with Gasteiger partial charge in [0.1, 0.15) is 5.69 Å². The topological polar surface area (TPSA) is 69.3 Å². The molecule has 0 radical (unpaired) electrons. The van der Waals surface area contributed by atoms with Gasteiger partial charge in [0.25, 0.3) is 11.5 Å². The average molecular weight is 250 g/mol. The maximum Gasteiger partial charge on any atom is 0.274 e. The van der Waals surface area contributed by atoms with Gasteiger partial charge in [0.05, 0.1) is 0 Å². The largest absolute Gasteiger partial charge is 0.339 e. The number of nitrogens with zero attached hydrogens (tertiary/aromatic N) is 3. The van der Waals surface area contributed by atoms with Crippen molar-refractivity contribution in [1.82, 2.24) is 20.0 Å². The zero-order valence-corrected chi connectivity index (χ0v) is 10.7. The van der Waals surface area contributed by atoms with Gasteiger partial charge in [-0.05, 0) is 32.5 Å². The molecule has 1 aromatic heterocycles. The standard InChI is InChI=1S/C12H18N4O2/c1-15-7-3-4-9(15)8-16(2)12(18)10-5-6-11(17)14-13-10/h5-6,9H,3-4,7-8H2,1-2H3,(H,14,17). The zero-order valence-electron chi connectivity index (χ0n) is 10.7. The molecule has 1 fully saturated rings. The third-order valence-electron chi connectivity index (χ3n) is 3.40. The van der Waals surface area contributed by atoms with E-state index < -0.39 is 0 Å². The van der Waals surface area contributed by atoms with Crippen LogP contribution in [0.15, 0.2) is 16.9 Å². The number of aromatic amines is 1. The number of hydrogen-bond acceptors (Lipinski definition) is 4. The molecule has 1 N–H and O–H groups in total. The number of amides is 1. The number of carbonyl (C=O) groups excluding carboxylic acids is 1. The van der Waals surface area contributed by atoms with Crippen LogP contribution in [-0.2, 0) is 0 Å². The first-order valence-corrected chi connectivity index (χ1v) is 6.09. The third-order valence-corrected chi connectivity index (χ3v) is 3.40. The molecule has 1 aromatic rings. The summed E-state index contributed by atoms with van der Waals surface area (Å²) in [5.74, 6) is -0.161. The number of nitrogens with one attached hydrogen (secondary N) is 1. The molecule has 0 bridgehead atoms. The minimum Gasteiger partial charge on any atom is -0.339 e. The van der Waals surface area contributed by atoms with Crippen LogP contribution in [0.4, 0.5) is 0 Å². The molecular formula is C12H18N4O2. The molecule has 0 saturated carbocycles. The zero-order chi connectivity index (χ0) is 13.1. The Hall–Kier alpha value is -1.69. The first-order valence-electron chi connectivity index (χ1n) is 6.09. The maximum absolute atomic E-state index is 12.1. The maximum atomic E-state index is 12.1. The quantitative estimate of drug-likeness (QED) is 0.815. The second-order valence-corrected chi connectivity index (χ2v) is 4.77. The van der Waals surface area contributed by atoms with Gasteiger partial charge in [-0.3, -0.25) is 9.59 Å². The lowest BCUT2D eigenvalue weighted by molar-refractivity contribution is 0.0754. The van der Waals surface area contributed by atoms with E-state index in [1.807, 2.05) is 0 Å². The van der Waals surface area contributed by atoms with Crippen molar-refractivity contribution < 1.29 is 4.79 Å². The lowest BCUT2D eigenvalue weighted by Gasteiger charge is -2.25. The molecular weight excluding hydrogens is 232 g/mol. The van der Waals surface area contributed by atoms with Gasteiger partial charge in [-0.15, -0.1) is 0 Å². The SMILES string of the molecule is CN(CC1CCCN1C)C(=O)c1ccc(=O)[nH]n1. The molecule has 1 amide bonds. The summed E-state index contributed by atoms with van der Waals surface area (Å²) < 4.78 is 0. The van der Waals surface area contributed by atoms with Crippen molar-refractivity contribution >= 4 is 5.91 Å². The fourth-order valence-electron chi connectivity index (χ4n) is 2.27. The van der Waals surface area contributed by atoms with Crippen LogP contribution in [0.1, 0.15) is 23.3 Å².